The van der Waals surface area contributed by atoms with Crippen LogP contribution in [-0.4, -0.2) is 25.2 Å². The molecule has 0 saturated heterocycles. The van der Waals surface area contributed by atoms with Gasteiger partial charge in [0, 0.05) is 6.04 Å². The highest BCUT2D eigenvalue weighted by molar-refractivity contribution is 5.81. The Kier molecular flexibility index (Phi) is 5.90. The summed E-state index contributed by atoms with van der Waals surface area (Å²) in [4.78, 5) is 12.3. The van der Waals surface area contributed by atoms with Gasteiger partial charge in [-0.1, -0.05) is 37.8 Å². The number of para-hydroxylation sites is 2. The van der Waals surface area contributed by atoms with Crippen molar-refractivity contribution in [3.63, 3.8) is 0 Å². The number of carbonyl (C=O) groups is 1. The van der Waals surface area contributed by atoms with E-state index in [1.807, 2.05) is 24.3 Å². The molecule has 1 aromatic rings. The molecule has 4 nitrogen and oxygen atoms in total. The van der Waals surface area contributed by atoms with Crippen molar-refractivity contribution in [1.29, 1.82) is 0 Å². The summed E-state index contributed by atoms with van der Waals surface area (Å²) >= 11 is 0. The zero-order chi connectivity index (χ0) is 15.1. The predicted octanol–water partition coefficient (Wildman–Crippen LogP) is 3.30. The van der Waals surface area contributed by atoms with Crippen LogP contribution in [0.25, 0.3) is 0 Å². The molecule has 1 N–H and O–H groups in total. The molecule has 1 amide bonds. The van der Waals surface area contributed by atoms with Gasteiger partial charge < -0.3 is 14.8 Å². The van der Waals surface area contributed by atoms with E-state index in [9.17, 15) is 4.79 Å². The number of ether oxygens (including phenoxy) is 2. The molecule has 0 aromatic heterocycles. The molecule has 1 aliphatic rings. The average molecular weight is 291 g/mol. The van der Waals surface area contributed by atoms with E-state index in [2.05, 4.69) is 5.32 Å². The van der Waals surface area contributed by atoms with E-state index in [1.54, 1.807) is 14.0 Å². The molecule has 4 heteroatoms. The Morgan fingerprint density at radius 1 is 1.14 bits per heavy atom. The smallest absolute Gasteiger partial charge is 0.260 e. The number of rotatable bonds is 5. The molecule has 1 atom stereocenters. The van der Waals surface area contributed by atoms with Crippen LogP contribution in [0.2, 0.25) is 0 Å². The highest BCUT2D eigenvalue weighted by Crippen LogP contribution is 2.27. The fraction of sp³-hybridized carbons (Fsp3) is 0.588. The number of hydrogen-bond donors (Lipinski definition) is 1. The Morgan fingerprint density at radius 3 is 2.38 bits per heavy atom. The first-order valence-electron chi connectivity index (χ1n) is 7.80. The van der Waals surface area contributed by atoms with Crippen molar-refractivity contribution in [2.24, 2.45) is 0 Å². The van der Waals surface area contributed by atoms with Gasteiger partial charge in [0.15, 0.2) is 17.6 Å². The lowest BCUT2D eigenvalue weighted by Gasteiger charge is -2.21. The van der Waals surface area contributed by atoms with E-state index in [1.165, 1.54) is 25.7 Å². The monoisotopic (exact) mass is 291 g/mol. The molecule has 1 saturated carbocycles. The molecular weight excluding hydrogens is 266 g/mol. The van der Waals surface area contributed by atoms with Gasteiger partial charge in [-0.15, -0.1) is 0 Å². The van der Waals surface area contributed by atoms with Crippen LogP contribution in [0, 0.1) is 0 Å². The third-order valence-electron chi connectivity index (χ3n) is 3.94. The molecule has 0 aliphatic heterocycles. The minimum absolute atomic E-state index is 0.0483. The zero-order valence-corrected chi connectivity index (χ0v) is 12.9. The first kappa shape index (κ1) is 15.7. The van der Waals surface area contributed by atoms with Crippen molar-refractivity contribution in [2.75, 3.05) is 7.11 Å². The number of carbonyl (C=O) groups excluding carboxylic acids is 1. The third-order valence-corrected chi connectivity index (χ3v) is 3.94. The molecule has 0 unspecified atom stereocenters. The number of nitrogens with one attached hydrogen (secondary N) is 1. The second-order valence-electron chi connectivity index (χ2n) is 5.61. The lowest BCUT2D eigenvalue weighted by atomic mass is 10.1. The van der Waals surface area contributed by atoms with Crippen molar-refractivity contribution in [1.82, 2.24) is 5.32 Å². The topological polar surface area (TPSA) is 47.6 Å². The van der Waals surface area contributed by atoms with Crippen molar-refractivity contribution in [2.45, 2.75) is 57.6 Å². The van der Waals surface area contributed by atoms with Gasteiger partial charge in [0.25, 0.3) is 5.91 Å². The number of methoxy groups -OCH3 is 1. The quantitative estimate of drug-likeness (QED) is 0.847. The van der Waals surface area contributed by atoms with Gasteiger partial charge in [0.05, 0.1) is 7.11 Å². The van der Waals surface area contributed by atoms with Gasteiger partial charge in [-0.2, -0.15) is 0 Å². The first-order chi connectivity index (χ1) is 10.2. The summed E-state index contributed by atoms with van der Waals surface area (Å²) in [5.74, 6) is 1.20. The Balaban J connectivity index is 1.89. The number of benzene rings is 1. The Hall–Kier alpha value is -1.71. The van der Waals surface area contributed by atoms with Crippen molar-refractivity contribution >= 4 is 5.91 Å². The predicted molar refractivity (Wildman–Crippen MR) is 82.7 cm³/mol. The van der Waals surface area contributed by atoms with E-state index in [0.717, 1.165) is 12.8 Å². The first-order valence-corrected chi connectivity index (χ1v) is 7.80. The largest absolute Gasteiger partial charge is 0.493 e. The van der Waals surface area contributed by atoms with Gasteiger partial charge in [0.2, 0.25) is 0 Å². The summed E-state index contributed by atoms with van der Waals surface area (Å²) in [6, 6.07) is 7.68. The molecule has 21 heavy (non-hydrogen) atoms. The third kappa shape index (κ3) is 4.66. The van der Waals surface area contributed by atoms with Gasteiger partial charge in [-0.05, 0) is 31.9 Å². The molecular formula is C17H25NO3. The van der Waals surface area contributed by atoms with E-state index in [0.29, 0.717) is 17.5 Å². The maximum absolute atomic E-state index is 12.3. The highest BCUT2D eigenvalue weighted by atomic mass is 16.5. The van der Waals surface area contributed by atoms with Crippen LogP contribution >= 0.6 is 0 Å². The molecule has 1 aromatic carbocycles. The summed E-state index contributed by atoms with van der Waals surface area (Å²) in [6.07, 6.45) is 6.59. The lowest BCUT2D eigenvalue weighted by molar-refractivity contribution is -0.128. The number of amides is 1. The Labute approximate surface area is 126 Å². The lowest BCUT2D eigenvalue weighted by Crippen LogP contribution is -2.42. The zero-order valence-electron chi connectivity index (χ0n) is 12.9. The minimum Gasteiger partial charge on any atom is -0.493 e. The van der Waals surface area contributed by atoms with Crippen molar-refractivity contribution in [3.8, 4) is 11.5 Å². The molecule has 0 heterocycles. The summed E-state index contributed by atoms with van der Waals surface area (Å²) < 4.78 is 11.0. The molecule has 0 spiro atoms. The van der Waals surface area contributed by atoms with E-state index < -0.39 is 6.10 Å². The molecule has 2 rings (SSSR count). The van der Waals surface area contributed by atoms with Gasteiger partial charge in [-0.3, -0.25) is 4.79 Å². The second kappa shape index (κ2) is 7.91. The second-order valence-corrected chi connectivity index (χ2v) is 5.61. The van der Waals surface area contributed by atoms with Crippen LogP contribution in [-0.2, 0) is 4.79 Å². The average Bonchev–Trinajstić information content (AvgIpc) is 2.76. The van der Waals surface area contributed by atoms with Crippen LogP contribution < -0.4 is 14.8 Å². The maximum atomic E-state index is 12.3. The van der Waals surface area contributed by atoms with Crippen LogP contribution in [0.1, 0.15) is 45.4 Å². The van der Waals surface area contributed by atoms with Crippen molar-refractivity contribution < 1.29 is 14.3 Å². The molecule has 0 bridgehead atoms. The van der Waals surface area contributed by atoms with E-state index in [4.69, 9.17) is 9.47 Å². The van der Waals surface area contributed by atoms with E-state index >= 15 is 0 Å². The Bertz CT molecular complexity index is 453. The summed E-state index contributed by atoms with van der Waals surface area (Å²) in [6.45, 7) is 1.78. The summed E-state index contributed by atoms with van der Waals surface area (Å²) in [5.41, 5.74) is 0. The van der Waals surface area contributed by atoms with E-state index in [-0.39, 0.29) is 5.91 Å². The molecule has 116 valence electrons. The SMILES string of the molecule is COc1ccccc1O[C@H](C)C(=O)NC1CCCCCC1. The van der Waals surface area contributed by atoms with Crippen LogP contribution in [0.3, 0.4) is 0 Å². The van der Waals surface area contributed by atoms with Gasteiger partial charge >= 0.3 is 0 Å². The van der Waals surface area contributed by atoms with Crippen molar-refractivity contribution in [3.05, 3.63) is 24.3 Å². The molecule has 1 aliphatic carbocycles. The van der Waals surface area contributed by atoms with Crippen LogP contribution in [0.15, 0.2) is 24.3 Å². The minimum atomic E-state index is -0.524. The van der Waals surface area contributed by atoms with Crippen LogP contribution in [0.5, 0.6) is 11.5 Å². The maximum Gasteiger partial charge on any atom is 0.260 e. The highest BCUT2D eigenvalue weighted by Gasteiger charge is 2.20. The molecule has 0 radical (unpaired) electrons. The summed E-state index contributed by atoms with van der Waals surface area (Å²) in [5, 5.41) is 3.11. The Morgan fingerprint density at radius 2 is 1.76 bits per heavy atom. The van der Waals surface area contributed by atoms with Gasteiger partial charge in [-0.25, -0.2) is 0 Å². The van der Waals surface area contributed by atoms with Gasteiger partial charge in [0.1, 0.15) is 0 Å². The standard InChI is InChI=1S/C17H25NO3/c1-13(21-16-12-8-7-11-15(16)20-2)17(19)18-14-9-5-3-4-6-10-14/h7-8,11-14H,3-6,9-10H2,1-2H3,(H,18,19)/t13-/m1/s1. The fourth-order valence-electron chi connectivity index (χ4n) is 2.70. The summed E-state index contributed by atoms with van der Waals surface area (Å²) in [7, 11) is 1.60. The molecule has 1 fully saturated rings. The van der Waals surface area contributed by atoms with Crippen LogP contribution in [0.4, 0.5) is 0 Å². The fourth-order valence-corrected chi connectivity index (χ4v) is 2.70. The number of hydrogen-bond acceptors (Lipinski definition) is 3. The normalized spacial score (nSPS) is 17.6.